The van der Waals surface area contributed by atoms with Crippen LogP contribution in [0.3, 0.4) is 0 Å². The molecule has 0 aromatic carbocycles. The zero-order chi connectivity index (χ0) is 11.6. The Morgan fingerprint density at radius 3 is 2.40 bits per heavy atom. The number of hydrogen-bond donors (Lipinski definition) is 2. The maximum Gasteiger partial charge on any atom is 0.306 e. The van der Waals surface area contributed by atoms with Crippen LogP contribution in [0.1, 0.15) is 33.6 Å². The Morgan fingerprint density at radius 1 is 1.40 bits per heavy atom. The SMILES string of the molecule is CC1CCC(C(O)C(C)C(C)C(=O)O)O1. The fourth-order valence-corrected chi connectivity index (χ4v) is 1.94. The molecule has 5 unspecified atom stereocenters. The number of carboxylic acids is 1. The fourth-order valence-electron chi connectivity index (χ4n) is 1.94. The topological polar surface area (TPSA) is 66.8 Å². The molecule has 0 aliphatic carbocycles. The van der Waals surface area contributed by atoms with Gasteiger partial charge in [0.25, 0.3) is 0 Å². The van der Waals surface area contributed by atoms with Gasteiger partial charge in [0.1, 0.15) is 0 Å². The summed E-state index contributed by atoms with van der Waals surface area (Å²) in [6, 6.07) is 0. The molecule has 1 saturated heterocycles. The van der Waals surface area contributed by atoms with Crippen LogP contribution in [0.4, 0.5) is 0 Å². The predicted octanol–water partition coefficient (Wildman–Crippen LogP) is 1.27. The Kier molecular flexibility index (Phi) is 4.11. The number of aliphatic hydroxyl groups excluding tert-OH is 1. The monoisotopic (exact) mass is 216 g/mol. The van der Waals surface area contributed by atoms with Crippen LogP contribution in [0.15, 0.2) is 0 Å². The lowest BCUT2D eigenvalue weighted by Crippen LogP contribution is -2.37. The van der Waals surface area contributed by atoms with E-state index in [1.54, 1.807) is 13.8 Å². The highest BCUT2D eigenvalue weighted by Crippen LogP contribution is 2.28. The first-order chi connectivity index (χ1) is 6.93. The van der Waals surface area contributed by atoms with Gasteiger partial charge in [0.2, 0.25) is 0 Å². The Balaban J connectivity index is 2.52. The standard InChI is InChI=1S/C11H20O4/c1-6-4-5-9(15-6)10(12)7(2)8(3)11(13)14/h6-10,12H,4-5H2,1-3H3,(H,13,14). The molecule has 1 aliphatic heterocycles. The molecule has 0 spiro atoms. The summed E-state index contributed by atoms with van der Waals surface area (Å²) < 4.78 is 5.53. The molecule has 5 atom stereocenters. The van der Waals surface area contributed by atoms with Gasteiger partial charge in [-0.3, -0.25) is 4.79 Å². The van der Waals surface area contributed by atoms with Crippen molar-refractivity contribution >= 4 is 5.97 Å². The van der Waals surface area contributed by atoms with E-state index in [0.29, 0.717) is 0 Å². The van der Waals surface area contributed by atoms with Gasteiger partial charge in [-0.2, -0.15) is 0 Å². The fraction of sp³-hybridized carbons (Fsp3) is 0.909. The Morgan fingerprint density at radius 2 is 2.00 bits per heavy atom. The highest BCUT2D eigenvalue weighted by atomic mass is 16.5. The Labute approximate surface area is 90.2 Å². The average Bonchev–Trinajstić information content (AvgIpc) is 2.61. The zero-order valence-corrected chi connectivity index (χ0v) is 9.51. The third-order valence-corrected chi connectivity index (χ3v) is 3.36. The molecule has 0 aromatic heterocycles. The summed E-state index contributed by atoms with van der Waals surface area (Å²) in [5, 5.41) is 18.8. The smallest absolute Gasteiger partial charge is 0.306 e. The van der Waals surface area contributed by atoms with Gasteiger partial charge in [0, 0.05) is 0 Å². The average molecular weight is 216 g/mol. The van der Waals surface area contributed by atoms with Crippen molar-refractivity contribution in [2.45, 2.75) is 51.9 Å². The maximum absolute atomic E-state index is 10.8. The van der Waals surface area contributed by atoms with Crippen LogP contribution in [0.2, 0.25) is 0 Å². The van der Waals surface area contributed by atoms with Crippen molar-refractivity contribution in [2.24, 2.45) is 11.8 Å². The van der Waals surface area contributed by atoms with E-state index in [1.165, 1.54) is 0 Å². The largest absolute Gasteiger partial charge is 0.481 e. The molecule has 0 radical (unpaired) electrons. The molecule has 1 rings (SSSR count). The molecular formula is C11H20O4. The van der Waals surface area contributed by atoms with E-state index in [-0.39, 0.29) is 18.1 Å². The minimum atomic E-state index is -0.868. The molecule has 88 valence electrons. The molecule has 0 bridgehead atoms. The summed E-state index contributed by atoms with van der Waals surface area (Å²) in [5.41, 5.74) is 0. The zero-order valence-electron chi connectivity index (χ0n) is 9.51. The Hall–Kier alpha value is -0.610. The van der Waals surface area contributed by atoms with Crippen molar-refractivity contribution in [3.05, 3.63) is 0 Å². The van der Waals surface area contributed by atoms with E-state index in [9.17, 15) is 9.90 Å². The van der Waals surface area contributed by atoms with Gasteiger partial charge in [-0.05, 0) is 25.7 Å². The van der Waals surface area contributed by atoms with Crippen molar-refractivity contribution in [2.75, 3.05) is 0 Å². The first kappa shape index (κ1) is 12.5. The van der Waals surface area contributed by atoms with Gasteiger partial charge in [-0.1, -0.05) is 13.8 Å². The third-order valence-electron chi connectivity index (χ3n) is 3.36. The number of carbonyl (C=O) groups is 1. The second kappa shape index (κ2) is 4.94. The molecular weight excluding hydrogens is 196 g/mol. The predicted molar refractivity (Wildman–Crippen MR) is 55.5 cm³/mol. The minimum Gasteiger partial charge on any atom is -0.481 e. The summed E-state index contributed by atoms with van der Waals surface area (Å²) >= 11 is 0. The molecule has 1 aliphatic rings. The van der Waals surface area contributed by atoms with Crippen molar-refractivity contribution in [1.29, 1.82) is 0 Å². The molecule has 0 saturated carbocycles. The van der Waals surface area contributed by atoms with E-state index in [2.05, 4.69) is 0 Å². The highest BCUT2D eigenvalue weighted by molar-refractivity contribution is 5.69. The molecule has 4 nitrogen and oxygen atoms in total. The first-order valence-electron chi connectivity index (χ1n) is 5.49. The van der Waals surface area contributed by atoms with Crippen LogP contribution in [0.25, 0.3) is 0 Å². The lowest BCUT2D eigenvalue weighted by Gasteiger charge is -2.26. The van der Waals surface area contributed by atoms with E-state index < -0.39 is 18.0 Å². The second-order valence-electron chi connectivity index (χ2n) is 4.54. The summed E-state index contributed by atoms with van der Waals surface area (Å²) in [5.74, 6) is -1.69. The molecule has 2 N–H and O–H groups in total. The molecule has 0 amide bonds. The van der Waals surface area contributed by atoms with E-state index in [4.69, 9.17) is 9.84 Å². The second-order valence-corrected chi connectivity index (χ2v) is 4.54. The summed E-state index contributed by atoms with van der Waals surface area (Å²) in [6.07, 6.45) is 1.06. The summed E-state index contributed by atoms with van der Waals surface area (Å²) in [6.45, 7) is 5.35. The highest BCUT2D eigenvalue weighted by Gasteiger charge is 2.35. The van der Waals surface area contributed by atoms with Crippen LogP contribution >= 0.6 is 0 Å². The van der Waals surface area contributed by atoms with Gasteiger partial charge in [0.05, 0.1) is 24.2 Å². The van der Waals surface area contributed by atoms with Crippen molar-refractivity contribution in [1.82, 2.24) is 0 Å². The first-order valence-corrected chi connectivity index (χ1v) is 5.49. The number of aliphatic hydroxyl groups is 1. The van der Waals surface area contributed by atoms with Gasteiger partial charge < -0.3 is 14.9 Å². The molecule has 1 fully saturated rings. The van der Waals surface area contributed by atoms with Gasteiger partial charge in [0.15, 0.2) is 0 Å². The van der Waals surface area contributed by atoms with E-state index >= 15 is 0 Å². The molecule has 1 heterocycles. The minimum absolute atomic E-state index is 0.178. The molecule has 4 heteroatoms. The van der Waals surface area contributed by atoms with Crippen molar-refractivity contribution in [3.8, 4) is 0 Å². The van der Waals surface area contributed by atoms with Gasteiger partial charge in [-0.25, -0.2) is 0 Å². The maximum atomic E-state index is 10.8. The van der Waals surface area contributed by atoms with Crippen molar-refractivity contribution < 1.29 is 19.7 Å². The van der Waals surface area contributed by atoms with Crippen LogP contribution in [0, 0.1) is 11.8 Å². The van der Waals surface area contributed by atoms with Crippen LogP contribution in [0.5, 0.6) is 0 Å². The lowest BCUT2D eigenvalue weighted by atomic mass is 9.87. The quantitative estimate of drug-likeness (QED) is 0.742. The van der Waals surface area contributed by atoms with Gasteiger partial charge in [-0.15, -0.1) is 0 Å². The van der Waals surface area contributed by atoms with Crippen molar-refractivity contribution in [3.63, 3.8) is 0 Å². The normalized spacial score (nSPS) is 32.3. The number of aliphatic carboxylic acids is 1. The summed E-state index contributed by atoms with van der Waals surface area (Å²) in [7, 11) is 0. The van der Waals surface area contributed by atoms with E-state index in [0.717, 1.165) is 12.8 Å². The Bertz CT molecular complexity index is 229. The number of hydrogen-bond acceptors (Lipinski definition) is 3. The number of rotatable bonds is 4. The summed E-state index contributed by atoms with van der Waals surface area (Å²) in [4.78, 5) is 10.8. The van der Waals surface area contributed by atoms with Crippen LogP contribution in [-0.2, 0) is 9.53 Å². The number of carboxylic acid groups (broad SMARTS) is 1. The lowest BCUT2D eigenvalue weighted by molar-refractivity contribution is -0.146. The molecule has 15 heavy (non-hydrogen) atoms. The number of ether oxygens (including phenoxy) is 1. The van der Waals surface area contributed by atoms with Crippen LogP contribution in [-0.4, -0.2) is 34.5 Å². The molecule has 0 aromatic rings. The third kappa shape index (κ3) is 2.92. The van der Waals surface area contributed by atoms with E-state index in [1.807, 2.05) is 6.92 Å². The van der Waals surface area contributed by atoms with Gasteiger partial charge >= 0.3 is 5.97 Å². The van der Waals surface area contributed by atoms with Crippen LogP contribution < -0.4 is 0 Å².